The van der Waals surface area contributed by atoms with E-state index in [1.807, 2.05) is 13.8 Å². The molecule has 1 aromatic carbocycles. The van der Waals surface area contributed by atoms with Crippen LogP contribution in [0.25, 0.3) is 0 Å². The smallest absolute Gasteiger partial charge is 0.263 e. The Morgan fingerprint density at radius 2 is 1.86 bits per heavy atom. The highest BCUT2D eigenvalue weighted by molar-refractivity contribution is 5.94. The van der Waals surface area contributed by atoms with E-state index in [4.69, 9.17) is 0 Å². The van der Waals surface area contributed by atoms with E-state index >= 15 is 0 Å². The van der Waals surface area contributed by atoms with Gasteiger partial charge in [0.15, 0.2) is 0 Å². The molecule has 0 N–H and O–H groups in total. The zero-order chi connectivity index (χ0) is 10.7. The molecule has 76 valence electrons. The zero-order valence-electron chi connectivity index (χ0n) is 8.00. The topological polar surface area (TPSA) is 20.3 Å². The van der Waals surface area contributed by atoms with Gasteiger partial charge in [0.25, 0.3) is 0 Å². The fourth-order valence-electron chi connectivity index (χ4n) is 1.29. The normalized spacial score (nSPS) is 10.4. The molecule has 0 heterocycles. The Labute approximate surface area is 81.0 Å². The Balaban J connectivity index is 3.13. The highest BCUT2D eigenvalue weighted by Crippen LogP contribution is 2.20. The first-order chi connectivity index (χ1) is 6.54. The first kappa shape index (κ1) is 10.6. The van der Waals surface area contributed by atoms with Crippen LogP contribution in [0.1, 0.15) is 35.7 Å². The van der Waals surface area contributed by atoms with Crippen molar-refractivity contribution in [2.75, 3.05) is 0 Å². The maximum absolute atomic E-state index is 12.0. The van der Waals surface area contributed by atoms with E-state index in [1.54, 1.807) is 18.2 Å². The van der Waals surface area contributed by atoms with Gasteiger partial charge in [-0.2, -0.15) is 0 Å². The van der Waals surface area contributed by atoms with Gasteiger partial charge in [-0.25, -0.2) is 0 Å². The lowest BCUT2D eigenvalue weighted by molar-refractivity contribution is -0.108. The van der Waals surface area contributed by atoms with Crippen LogP contribution >= 0.6 is 0 Å². The number of benzene rings is 1. The molecule has 0 saturated carbocycles. The molecule has 0 aliphatic carbocycles. The maximum Gasteiger partial charge on any atom is 0.314 e. The van der Waals surface area contributed by atoms with Crippen molar-refractivity contribution >= 4 is 5.91 Å². The summed E-state index contributed by atoms with van der Waals surface area (Å²) in [5.74, 6) is -1.20. The quantitative estimate of drug-likeness (QED) is 0.670. The van der Waals surface area contributed by atoms with Gasteiger partial charge in [-0.1, -0.05) is 41.0 Å². The minimum atomic E-state index is -1.39. The first-order valence-electron chi connectivity index (χ1n) is 4.29. The monoisotopic (exact) mass is 199 g/mol. The van der Waals surface area contributed by atoms with E-state index in [2.05, 4.69) is 0 Å². The molecule has 14 heavy (non-hydrogen) atoms. The molecule has 0 saturated heterocycles. The fourth-order valence-corrected chi connectivity index (χ4v) is 1.29. The van der Waals surface area contributed by atoms with Crippen molar-refractivity contribution in [1.82, 2.24) is 5.34 Å². The molecule has 0 bridgehead atoms. The predicted octanol–water partition coefficient (Wildman–Crippen LogP) is 3.02. The highest BCUT2D eigenvalue weighted by Gasteiger charge is 2.19. The molecule has 0 fully saturated rings. The molecule has 4 heteroatoms. The van der Waals surface area contributed by atoms with Crippen LogP contribution in [0.5, 0.6) is 0 Å². The Kier molecular flexibility index (Phi) is 3.17. The average Bonchev–Trinajstić information content (AvgIpc) is 2.16. The molecule has 2 nitrogen and oxygen atoms in total. The third-order valence-electron chi connectivity index (χ3n) is 1.97. The van der Waals surface area contributed by atoms with Gasteiger partial charge in [-0.3, -0.25) is 4.79 Å². The van der Waals surface area contributed by atoms with Gasteiger partial charge in [0.05, 0.1) is 0 Å². The maximum atomic E-state index is 12.0. The minimum absolute atomic E-state index is 0.0510. The Hall–Kier alpha value is -1.45. The summed E-state index contributed by atoms with van der Waals surface area (Å²) in [6.45, 7) is 3.71. The highest BCUT2D eigenvalue weighted by atomic mass is 19.4. The zero-order valence-corrected chi connectivity index (χ0v) is 8.00. The lowest BCUT2D eigenvalue weighted by atomic mass is 9.97. The van der Waals surface area contributed by atoms with Gasteiger partial charge >= 0.3 is 5.91 Å². The van der Waals surface area contributed by atoms with Gasteiger partial charge in [-0.15, -0.1) is 0 Å². The van der Waals surface area contributed by atoms with Crippen molar-refractivity contribution < 1.29 is 13.8 Å². The molecule has 0 spiro atoms. The fraction of sp³-hybridized carbons (Fsp3) is 0.300. The molecule has 0 radical (unpaired) electrons. The Morgan fingerprint density at radius 3 is 2.36 bits per heavy atom. The van der Waals surface area contributed by atoms with Crippen molar-refractivity contribution in [1.29, 1.82) is 0 Å². The largest absolute Gasteiger partial charge is 0.314 e. The number of carbonyl (C=O) groups excluding carboxylic acids is 1. The molecule has 0 unspecified atom stereocenters. The molecular weight excluding hydrogens is 188 g/mol. The van der Waals surface area contributed by atoms with E-state index in [-0.39, 0.29) is 11.5 Å². The summed E-state index contributed by atoms with van der Waals surface area (Å²) in [7, 11) is 0. The Bertz CT molecular complexity index is 337. The third-order valence-corrected chi connectivity index (χ3v) is 1.97. The summed E-state index contributed by atoms with van der Waals surface area (Å²) < 4.78 is 24.1. The summed E-state index contributed by atoms with van der Waals surface area (Å²) in [4.78, 5) is 11.0. The van der Waals surface area contributed by atoms with E-state index in [0.717, 1.165) is 0 Å². The molecular formula is C10H11F2NO. The van der Waals surface area contributed by atoms with Crippen molar-refractivity contribution in [3.8, 4) is 0 Å². The van der Waals surface area contributed by atoms with Crippen LogP contribution < -0.4 is 0 Å². The van der Waals surface area contributed by atoms with Gasteiger partial charge < -0.3 is 0 Å². The molecule has 1 amide bonds. The second-order valence-electron chi connectivity index (χ2n) is 3.28. The lowest BCUT2D eigenvalue weighted by Gasteiger charge is -2.10. The van der Waals surface area contributed by atoms with Gasteiger partial charge in [0, 0.05) is 10.9 Å². The first-order valence-corrected chi connectivity index (χ1v) is 4.29. The van der Waals surface area contributed by atoms with E-state index < -0.39 is 11.3 Å². The lowest BCUT2D eigenvalue weighted by Crippen LogP contribution is -2.16. The second-order valence-corrected chi connectivity index (χ2v) is 3.28. The van der Waals surface area contributed by atoms with Gasteiger partial charge in [0.1, 0.15) is 0 Å². The van der Waals surface area contributed by atoms with Gasteiger partial charge in [0.2, 0.25) is 0 Å². The van der Waals surface area contributed by atoms with E-state index in [1.165, 1.54) is 6.07 Å². The molecule has 0 aliphatic heterocycles. The summed E-state index contributed by atoms with van der Waals surface area (Å²) in [5.41, 5.74) is 0.699. The summed E-state index contributed by atoms with van der Waals surface area (Å²) in [6, 6.07) is 6.39. The minimum Gasteiger partial charge on any atom is -0.263 e. The summed E-state index contributed by atoms with van der Waals surface area (Å²) in [5, 5.41) is -1.39. The number of nitrogens with zero attached hydrogens (tertiary/aromatic N) is 1. The summed E-state index contributed by atoms with van der Waals surface area (Å²) >= 11 is 0. The van der Waals surface area contributed by atoms with Crippen LogP contribution in [0.4, 0.5) is 8.96 Å². The van der Waals surface area contributed by atoms with Crippen LogP contribution in [-0.2, 0) is 0 Å². The number of hydrogen-bond acceptors (Lipinski definition) is 1. The van der Waals surface area contributed by atoms with Crippen molar-refractivity contribution in [2.45, 2.75) is 19.8 Å². The number of halogens is 2. The summed E-state index contributed by atoms with van der Waals surface area (Å²) in [6.07, 6.45) is 0. The van der Waals surface area contributed by atoms with E-state index in [0.29, 0.717) is 5.56 Å². The SMILES string of the molecule is CC(C)c1ccccc1C(=O)N(F)F. The van der Waals surface area contributed by atoms with Gasteiger partial charge in [-0.05, 0) is 17.5 Å². The number of rotatable bonds is 2. The third kappa shape index (κ3) is 2.07. The number of hydrogen-bond donors (Lipinski definition) is 0. The predicted molar refractivity (Wildman–Crippen MR) is 48.9 cm³/mol. The standard InChI is InChI=1S/C10H11F2NO/c1-7(2)8-5-3-4-6-9(8)10(14)13(11)12/h3-7H,1-2H3. The second kappa shape index (κ2) is 4.17. The molecule has 0 aliphatic rings. The van der Waals surface area contributed by atoms with Crippen molar-refractivity contribution in [2.24, 2.45) is 0 Å². The number of amides is 1. The van der Waals surface area contributed by atoms with Crippen LogP contribution in [0, 0.1) is 0 Å². The molecule has 1 rings (SSSR count). The molecule has 0 aromatic heterocycles. The molecule has 1 aromatic rings. The van der Waals surface area contributed by atoms with Crippen LogP contribution in [0.2, 0.25) is 0 Å². The van der Waals surface area contributed by atoms with Crippen molar-refractivity contribution in [3.05, 3.63) is 35.4 Å². The van der Waals surface area contributed by atoms with Crippen LogP contribution in [0.3, 0.4) is 0 Å². The average molecular weight is 199 g/mol. The number of carbonyl (C=O) groups is 1. The molecule has 0 atom stereocenters. The Morgan fingerprint density at radius 1 is 1.29 bits per heavy atom. The van der Waals surface area contributed by atoms with Crippen LogP contribution in [0.15, 0.2) is 24.3 Å². The van der Waals surface area contributed by atoms with Crippen molar-refractivity contribution in [3.63, 3.8) is 0 Å². The van der Waals surface area contributed by atoms with Crippen LogP contribution in [-0.4, -0.2) is 11.3 Å². The van der Waals surface area contributed by atoms with E-state index in [9.17, 15) is 13.8 Å².